The van der Waals surface area contributed by atoms with Crippen LogP contribution in [0.1, 0.15) is 48.8 Å². The molecule has 1 aliphatic heterocycles. The van der Waals surface area contributed by atoms with Gasteiger partial charge in [0, 0.05) is 29.6 Å². The highest BCUT2D eigenvalue weighted by molar-refractivity contribution is 7.19. The summed E-state index contributed by atoms with van der Waals surface area (Å²) in [6, 6.07) is 4.33. The third kappa shape index (κ3) is 3.86. The van der Waals surface area contributed by atoms with Gasteiger partial charge in [-0.1, -0.05) is 0 Å². The highest BCUT2D eigenvalue weighted by atomic mass is 32.1. The Morgan fingerprint density at radius 3 is 2.94 bits per heavy atom. The normalized spacial score (nSPS) is 16.7. The number of nitrogens with zero attached hydrogens (tertiary/aromatic N) is 4. The maximum atomic E-state index is 13.1. The van der Waals surface area contributed by atoms with E-state index in [4.69, 9.17) is 4.74 Å². The number of amides is 1. The van der Waals surface area contributed by atoms with E-state index in [9.17, 15) is 4.79 Å². The van der Waals surface area contributed by atoms with Crippen LogP contribution in [0, 0.1) is 5.92 Å². The summed E-state index contributed by atoms with van der Waals surface area (Å²) in [6.07, 6.45) is 5.99. The monoisotopic (exact) mass is 463 g/mol. The Morgan fingerprint density at radius 1 is 1.33 bits per heavy atom. The van der Waals surface area contributed by atoms with Crippen LogP contribution in [0.25, 0.3) is 10.2 Å². The van der Waals surface area contributed by atoms with Crippen LogP contribution in [-0.4, -0.2) is 46.7 Å². The number of rotatable bonds is 6. The zero-order valence-corrected chi connectivity index (χ0v) is 20.3. The second-order valence-electron chi connectivity index (χ2n) is 8.91. The van der Waals surface area contributed by atoms with E-state index in [-0.39, 0.29) is 17.9 Å². The largest absolute Gasteiger partial charge is 0.495 e. The molecule has 0 fully saturated rings. The van der Waals surface area contributed by atoms with Gasteiger partial charge >= 0.3 is 0 Å². The maximum Gasteiger partial charge on any atom is 0.226 e. The van der Waals surface area contributed by atoms with Crippen molar-refractivity contribution in [2.24, 2.45) is 10.9 Å². The topological polar surface area (TPSA) is 79.7 Å². The number of fused-ring (bicyclic) bond motifs is 4. The molecule has 1 amide bonds. The van der Waals surface area contributed by atoms with Gasteiger partial charge in [-0.05, 0) is 68.9 Å². The Kier molecular flexibility index (Phi) is 5.78. The number of hydrogen-bond donors (Lipinski definition) is 1. The van der Waals surface area contributed by atoms with Crippen molar-refractivity contribution in [2.45, 2.75) is 52.6 Å². The van der Waals surface area contributed by atoms with E-state index in [1.807, 2.05) is 17.2 Å². The fourth-order valence-corrected chi connectivity index (χ4v) is 6.23. The summed E-state index contributed by atoms with van der Waals surface area (Å²) in [7, 11) is 1.68. The molecule has 1 N–H and O–H groups in total. The van der Waals surface area contributed by atoms with Gasteiger partial charge in [-0.15, -0.1) is 11.3 Å². The first kappa shape index (κ1) is 21.8. The number of aliphatic imine (C=N–C) groups is 1. The van der Waals surface area contributed by atoms with Crippen LogP contribution in [0.2, 0.25) is 0 Å². The van der Waals surface area contributed by atoms with Gasteiger partial charge in [0.2, 0.25) is 5.91 Å². The molecule has 3 heterocycles. The van der Waals surface area contributed by atoms with Gasteiger partial charge in [-0.3, -0.25) is 9.79 Å². The van der Waals surface area contributed by atoms with Gasteiger partial charge in [-0.25, -0.2) is 9.97 Å². The fraction of sp³-hybridized carbons (Fsp3) is 0.440. The molecule has 0 spiro atoms. The summed E-state index contributed by atoms with van der Waals surface area (Å²) in [5, 5.41) is 4.57. The molecule has 0 saturated heterocycles. The van der Waals surface area contributed by atoms with E-state index in [1.54, 1.807) is 24.8 Å². The zero-order valence-electron chi connectivity index (χ0n) is 19.5. The molecule has 2 aromatic heterocycles. The lowest BCUT2D eigenvalue weighted by Crippen LogP contribution is -2.42. The number of aryl methyl sites for hydroxylation is 1. The standard InChI is InChI=1S/C25H29N5O2S/c1-5-30(14(2)3)25(31)15-6-7-18-21(10-15)33-24-22(18)23(27-13-28-24)29-19-8-16-11-26-12-17(16)9-20(19)32-4/h8-9,11,13-15H,5-7,10,12H2,1-4H3,(H,27,28,29). The molecule has 1 atom stereocenters. The Hall–Kier alpha value is -3.00. The van der Waals surface area contributed by atoms with Crippen molar-refractivity contribution in [3.8, 4) is 5.75 Å². The Morgan fingerprint density at radius 2 is 2.18 bits per heavy atom. The van der Waals surface area contributed by atoms with Crippen molar-refractivity contribution in [3.05, 3.63) is 40.0 Å². The minimum atomic E-state index is 0.0355. The Balaban J connectivity index is 1.48. The minimum Gasteiger partial charge on any atom is -0.495 e. The predicted octanol–water partition coefficient (Wildman–Crippen LogP) is 4.74. The second kappa shape index (κ2) is 8.74. The van der Waals surface area contributed by atoms with Gasteiger partial charge in [0.1, 0.15) is 22.7 Å². The highest BCUT2D eigenvalue weighted by Crippen LogP contribution is 2.42. The van der Waals surface area contributed by atoms with Crippen molar-refractivity contribution in [1.82, 2.24) is 14.9 Å². The molecule has 5 rings (SSSR count). The molecule has 0 radical (unpaired) electrons. The molecule has 0 saturated carbocycles. The van der Waals surface area contributed by atoms with Gasteiger partial charge in [0.25, 0.3) is 0 Å². The molecule has 1 aromatic carbocycles. The lowest BCUT2D eigenvalue weighted by atomic mass is 9.86. The lowest BCUT2D eigenvalue weighted by Gasteiger charge is -2.31. The summed E-state index contributed by atoms with van der Waals surface area (Å²) in [5.74, 6) is 1.86. The Bertz CT molecular complexity index is 1250. The van der Waals surface area contributed by atoms with Crippen LogP contribution in [-0.2, 0) is 24.2 Å². The minimum absolute atomic E-state index is 0.0355. The van der Waals surface area contributed by atoms with E-state index < -0.39 is 0 Å². The number of carbonyl (C=O) groups is 1. The molecule has 8 heteroatoms. The van der Waals surface area contributed by atoms with Crippen LogP contribution in [0.4, 0.5) is 11.5 Å². The van der Waals surface area contributed by atoms with Gasteiger partial charge < -0.3 is 15.0 Å². The smallest absolute Gasteiger partial charge is 0.226 e. The lowest BCUT2D eigenvalue weighted by molar-refractivity contribution is -0.137. The first-order valence-electron chi connectivity index (χ1n) is 11.5. The molecule has 2 aliphatic rings. The van der Waals surface area contributed by atoms with Crippen molar-refractivity contribution < 1.29 is 9.53 Å². The van der Waals surface area contributed by atoms with Crippen molar-refractivity contribution >= 4 is 45.2 Å². The van der Waals surface area contributed by atoms with Crippen molar-refractivity contribution in [3.63, 3.8) is 0 Å². The summed E-state index contributed by atoms with van der Waals surface area (Å²) < 4.78 is 5.64. The number of nitrogens with one attached hydrogen (secondary N) is 1. The molecule has 3 aromatic rings. The van der Waals surface area contributed by atoms with E-state index in [0.29, 0.717) is 6.54 Å². The van der Waals surface area contributed by atoms with Crippen LogP contribution in [0.3, 0.4) is 0 Å². The third-order valence-electron chi connectivity index (χ3n) is 6.65. The van der Waals surface area contributed by atoms with Crippen LogP contribution in [0.15, 0.2) is 23.5 Å². The predicted molar refractivity (Wildman–Crippen MR) is 133 cm³/mol. The van der Waals surface area contributed by atoms with Crippen LogP contribution >= 0.6 is 11.3 Å². The fourth-order valence-electron chi connectivity index (χ4n) is 4.96. The number of anilines is 2. The number of ether oxygens (including phenoxy) is 1. The van der Waals surface area contributed by atoms with Gasteiger partial charge in [-0.2, -0.15) is 0 Å². The number of methoxy groups -OCH3 is 1. The third-order valence-corrected chi connectivity index (χ3v) is 7.81. The molecular weight excluding hydrogens is 434 g/mol. The van der Waals surface area contributed by atoms with Gasteiger partial charge in [0.05, 0.1) is 24.7 Å². The number of aromatic nitrogens is 2. The van der Waals surface area contributed by atoms with Crippen LogP contribution < -0.4 is 10.1 Å². The number of thiophene rings is 1. The molecule has 1 aliphatic carbocycles. The quantitative estimate of drug-likeness (QED) is 0.571. The van der Waals surface area contributed by atoms with Crippen LogP contribution in [0.5, 0.6) is 5.75 Å². The first-order valence-corrected chi connectivity index (χ1v) is 12.3. The van der Waals surface area contributed by atoms with E-state index in [2.05, 4.69) is 47.1 Å². The molecule has 33 heavy (non-hydrogen) atoms. The van der Waals surface area contributed by atoms with Gasteiger partial charge in [0.15, 0.2) is 0 Å². The van der Waals surface area contributed by atoms with E-state index in [1.165, 1.54) is 10.4 Å². The molecule has 1 unspecified atom stereocenters. The number of benzene rings is 1. The maximum absolute atomic E-state index is 13.1. The summed E-state index contributed by atoms with van der Waals surface area (Å²) in [5.41, 5.74) is 4.40. The van der Waals surface area contributed by atoms with E-state index in [0.717, 1.165) is 64.4 Å². The second-order valence-corrected chi connectivity index (χ2v) is 9.99. The molecule has 7 nitrogen and oxygen atoms in total. The molecular formula is C25H29N5O2S. The summed E-state index contributed by atoms with van der Waals surface area (Å²) in [4.78, 5) is 30.8. The average molecular weight is 464 g/mol. The molecule has 172 valence electrons. The number of carbonyl (C=O) groups excluding carboxylic acids is 1. The van der Waals surface area contributed by atoms with Crippen molar-refractivity contribution in [2.75, 3.05) is 19.0 Å². The van der Waals surface area contributed by atoms with E-state index >= 15 is 0 Å². The highest BCUT2D eigenvalue weighted by Gasteiger charge is 2.32. The summed E-state index contributed by atoms with van der Waals surface area (Å²) in [6.45, 7) is 7.66. The number of hydrogen-bond acceptors (Lipinski definition) is 7. The zero-order chi connectivity index (χ0) is 23.1. The SMILES string of the molecule is CCN(C(=O)C1CCc2c(sc3ncnc(Nc4cc5c(cc4OC)CN=C5)c23)C1)C(C)C. The van der Waals surface area contributed by atoms with Crippen molar-refractivity contribution in [1.29, 1.82) is 0 Å². The summed E-state index contributed by atoms with van der Waals surface area (Å²) >= 11 is 1.69. The average Bonchev–Trinajstić information content (AvgIpc) is 3.42. The Labute approximate surface area is 197 Å². The molecule has 0 bridgehead atoms. The first-order chi connectivity index (χ1) is 16.0.